The lowest BCUT2D eigenvalue weighted by atomic mass is 9.93. The molecule has 0 heterocycles. The number of aliphatic hydroxyl groups is 1. The third-order valence-corrected chi connectivity index (χ3v) is 3.45. The zero-order valence-corrected chi connectivity index (χ0v) is 15.0. The molecule has 0 radical (unpaired) electrons. The normalized spacial score (nSPS) is 13.9. The molecule has 0 saturated carbocycles. The number of hydrogen-bond donors (Lipinski definition) is 1. The van der Waals surface area contributed by atoms with Gasteiger partial charge in [0.25, 0.3) is 5.60 Å². The summed E-state index contributed by atoms with van der Waals surface area (Å²) in [7, 11) is 0. The highest BCUT2D eigenvalue weighted by atomic mass is 19.4. The molecule has 1 aromatic rings. The van der Waals surface area contributed by atoms with E-state index in [1.807, 2.05) is 0 Å². The molecule has 0 aliphatic heterocycles. The molecule has 0 aliphatic rings. The number of nitrogens with zero attached hydrogens (tertiary/aromatic N) is 1. The minimum absolute atomic E-state index is 0.215. The summed E-state index contributed by atoms with van der Waals surface area (Å²) in [6.45, 7) is 6.22. The fourth-order valence-electron chi connectivity index (χ4n) is 2.20. The highest BCUT2D eigenvalue weighted by molar-refractivity contribution is 5.88. The fraction of sp³-hybridized carbons (Fsp3) is 0.529. The third kappa shape index (κ3) is 4.46. The van der Waals surface area contributed by atoms with Crippen LogP contribution >= 0.6 is 0 Å². The van der Waals surface area contributed by atoms with Crippen molar-refractivity contribution in [2.45, 2.75) is 45.6 Å². The van der Waals surface area contributed by atoms with E-state index in [2.05, 4.69) is 4.74 Å². The Morgan fingerprint density at radius 1 is 1.15 bits per heavy atom. The zero-order chi connectivity index (χ0) is 20.1. The molecule has 1 rings (SSSR count). The number of esters is 1. The van der Waals surface area contributed by atoms with Gasteiger partial charge in [0.2, 0.25) is 0 Å². The standard InChI is InChI=1S/C17H22F3NO5/c1-5-21(15(23)26-11(3)4)13-9-7-12(8-10-13)16(24,17(18,19)20)14(22)25-6-2/h7-11,24H,5-6H2,1-4H3/t16-/m0/s1. The van der Waals surface area contributed by atoms with Gasteiger partial charge in [-0.25, -0.2) is 9.59 Å². The second-order valence-corrected chi connectivity index (χ2v) is 5.65. The number of ether oxygens (including phenoxy) is 2. The maximum absolute atomic E-state index is 13.3. The average Bonchev–Trinajstić information content (AvgIpc) is 2.53. The Bertz CT molecular complexity index is 630. The lowest BCUT2D eigenvalue weighted by Crippen LogP contribution is -2.50. The summed E-state index contributed by atoms with van der Waals surface area (Å²) in [5.41, 5.74) is -4.24. The van der Waals surface area contributed by atoms with Crippen LogP contribution in [0.5, 0.6) is 0 Å². The number of amides is 1. The smallest absolute Gasteiger partial charge is 0.432 e. The molecule has 1 atom stereocenters. The Balaban J connectivity index is 3.24. The number of halogens is 3. The maximum atomic E-state index is 13.3. The first kappa shape index (κ1) is 21.8. The first-order valence-electron chi connectivity index (χ1n) is 8.04. The van der Waals surface area contributed by atoms with Crippen molar-refractivity contribution in [1.82, 2.24) is 0 Å². The summed E-state index contributed by atoms with van der Waals surface area (Å²) in [6.07, 6.45) is -6.30. The van der Waals surface area contributed by atoms with Gasteiger partial charge in [-0.2, -0.15) is 13.2 Å². The maximum Gasteiger partial charge on any atom is 0.432 e. The van der Waals surface area contributed by atoms with Gasteiger partial charge in [-0.1, -0.05) is 12.1 Å². The van der Waals surface area contributed by atoms with E-state index in [-0.39, 0.29) is 24.9 Å². The van der Waals surface area contributed by atoms with Crippen LogP contribution in [0.25, 0.3) is 0 Å². The number of carbonyl (C=O) groups excluding carboxylic acids is 2. The highest BCUT2D eigenvalue weighted by Crippen LogP contribution is 2.40. The lowest BCUT2D eigenvalue weighted by Gasteiger charge is -2.29. The molecule has 1 aromatic carbocycles. The highest BCUT2D eigenvalue weighted by Gasteiger charge is 2.62. The Kier molecular flexibility index (Phi) is 7.02. The van der Waals surface area contributed by atoms with Crippen molar-refractivity contribution in [2.24, 2.45) is 0 Å². The molecule has 146 valence electrons. The summed E-state index contributed by atoms with van der Waals surface area (Å²) in [5, 5.41) is 10.0. The molecule has 1 N–H and O–H groups in total. The van der Waals surface area contributed by atoms with Crippen LogP contribution in [0, 0.1) is 0 Å². The van der Waals surface area contributed by atoms with E-state index in [1.54, 1.807) is 20.8 Å². The lowest BCUT2D eigenvalue weighted by molar-refractivity contribution is -0.267. The van der Waals surface area contributed by atoms with Gasteiger partial charge in [0.15, 0.2) is 0 Å². The molecular weight excluding hydrogens is 355 g/mol. The van der Waals surface area contributed by atoms with E-state index in [0.29, 0.717) is 0 Å². The van der Waals surface area contributed by atoms with Gasteiger partial charge >= 0.3 is 18.2 Å². The SMILES string of the molecule is CCOC(=O)[C@@](O)(c1ccc(N(CC)C(=O)OC(C)C)cc1)C(F)(F)F. The number of carbonyl (C=O) groups is 2. The van der Waals surface area contributed by atoms with Crippen LogP contribution in [-0.4, -0.2) is 42.6 Å². The van der Waals surface area contributed by atoms with E-state index in [9.17, 15) is 27.9 Å². The minimum atomic E-state index is -5.28. The predicted octanol–water partition coefficient (Wildman–Crippen LogP) is 3.37. The van der Waals surface area contributed by atoms with Crippen LogP contribution < -0.4 is 4.90 Å². The summed E-state index contributed by atoms with van der Waals surface area (Å²) >= 11 is 0. The molecule has 0 aromatic heterocycles. The number of rotatable bonds is 6. The molecule has 0 saturated heterocycles. The molecule has 0 fully saturated rings. The van der Waals surface area contributed by atoms with E-state index in [0.717, 1.165) is 12.1 Å². The van der Waals surface area contributed by atoms with Gasteiger partial charge in [0.1, 0.15) is 0 Å². The van der Waals surface area contributed by atoms with Gasteiger partial charge in [-0.15, -0.1) is 0 Å². The average molecular weight is 377 g/mol. The largest absolute Gasteiger partial charge is 0.463 e. The number of hydrogen-bond acceptors (Lipinski definition) is 5. The topological polar surface area (TPSA) is 76.1 Å². The second kappa shape index (κ2) is 8.39. The van der Waals surface area contributed by atoms with Gasteiger partial charge in [0.05, 0.1) is 12.7 Å². The Hall–Kier alpha value is -2.29. The monoisotopic (exact) mass is 377 g/mol. The van der Waals surface area contributed by atoms with Crippen LogP contribution in [0.3, 0.4) is 0 Å². The quantitative estimate of drug-likeness (QED) is 0.770. The number of anilines is 1. The Morgan fingerprint density at radius 3 is 2.08 bits per heavy atom. The second-order valence-electron chi connectivity index (χ2n) is 5.65. The third-order valence-electron chi connectivity index (χ3n) is 3.45. The van der Waals surface area contributed by atoms with Crippen LogP contribution in [-0.2, 0) is 19.9 Å². The molecular formula is C17H22F3NO5. The molecule has 9 heteroatoms. The van der Waals surface area contributed by atoms with Crippen molar-refractivity contribution < 1.29 is 37.3 Å². The minimum Gasteiger partial charge on any atom is -0.463 e. The van der Waals surface area contributed by atoms with Crippen molar-refractivity contribution in [2.75, 3.05) is 18.1 Å². The molecule has 0 aliphatic carbocycles. The van der Waals surface area contributed by atoms with Gasteiger partial charge in [-0.05, 0) is 39.8 Å². The molecule has 26 heavy (non-hydrogen) atoms. The Labute approximate surface area is 149 Å². The fourth-order valence-corrected chi connectivity index (χ4v) is 2.20. The summed E-state index contributed by atoms with van der Waals surface area (Å²) in [4.78, 5) is 25.0. The van der Waals surface area contributed by atoms with Crippen molar-refractivity contribution in [3.63, 3.8) is 0 Å². The van der Waals surface area contributed by atoms with Crippen molar-refractivity contribution >= 4 is 17.7 Å². The number of benzene rings is 1. The van der Waals surface area contributed by atoms with Gasteiger partial charge in [-0.3, -0.25) is 4.90 Å². The zero-order valence-electron chi connectivity index (χ0n) is 15.0. The molecule has 1 amide bonds. The van der Waals surface area contributed by atoms with Crippen molar-refractivity contribution in [1.29, 1.82) is 0 Å². The number of alkyl halides is 3. The van der Waals surface area contributed by atoms with Gasteiger partial charge < -0.3 is 14.6 Å². The first-order chi connectivity index (χ1) is 12.0. The van der Waals surface area contributed by atoms with E-state index >= 15 is 0 Å². The summed E-state index contributed by atoms with van der Waals surface area (Å²) in [6, 6.07) is 4.23. The van der Waals surface area contributed by atoms with E-state index in [4.69, 9.17) is 4.74 Å². The predicted molar refractivity (Wildman–Crippen MR) is 87.7 cm³/mol. The van der Waals surface area contributed by atoms with E-state index in [1.165, 1.54) is 24.0 Å². The Morgan fingerprint density at radius 2 is 1.69 bits per heavy atom. The molecule has 0 unspecified atom stereocenters. The van der Waals surface area contributed by atoms with Crippen LogP contribution in [0.4, 0.5) is 23.7 Å². The van der Waals surface area contributed by atoms with Crippen LogP contribution in [0.1, 0.15) is 33.3 Å². The van der Waals surface area contributed by atoms with E-state index < -0.39 is 29.4 Å². The van der Waals surface area contributed by atoms with Crippen LogP contribution in [0.2, 0.25) is 0 Å². The summed E-state index contributed by atoms with van der Waals surface area (Å²) < 4.78 is 49.4. The molecule has 0 bridgehead atoms. The molecule has 0 spiro atoms. The van der Waals surface area contributed by atoms with Crippen LogP contribution in [0.15, 0.2) is 24.3 Å². The van der Waals surface area contributed by atoms with Gasteiger partial charge in [0, 0.05) is 17.8 Å². The van der Waals surface area contributed by atoms with Crippen molar-refractivity contribution in [3.05, 3.63) is 29.8 Å². The van der Waals surface area contributed by atoms with Crippen molar-refractivity contribution in [3.8, 4) is 0 Å². The summed E-state index contributed by atoms with van der Waals surface area (Å²) in [5.74, 6) is -1.81. The molecule has 6 nitrogen and oxygen atoms in total. The first-order valence-corrected chi connectivity index (χ1v) is 8.04.